The molecule has 0 aliphatic carbocycles. The van der Waals surface area contributed by atoms with Crippen molar-refractivity contribution in [2.45, 2.75) is 52.7 Å². The first-order valence-electron chi connectivity index (χ1n) is 7.58. The van der Waals surface area contributed by atoms with E-state index in [-0.39, 0.29) is 0 Å². The second-order valence-corrected chi connectivity index (χ2v) is 6.07. The lowest BCUT2D eigenvalue weighted by atomic mass is 10.2. The van der Waals surface area contributed by atoms with Gasteiger partial charge in [0.15, 0.2) is 0 Å². The summed E-state index contributed by atoms with van der Waals surface area (Å²) in [6.07, 6.45) is 2.32. The Hall–Kier alpha value is -0.490. The topological polar surface area (TPSA) is 37.4 Å². The maximum absolute atomic E-state index is 5.21. The van der Waals surface area contributed by atoms with Gasteiger partial charge in [0, 0.05) is 38.2 Å². The first-order valence-corrected chi connectivity index (χ1v) is 8.46. The Balaban J connectivity index is 2.50. The Morgan fingerprint density at radius 1 is 1.45 bits per heavy atom. The fourth-order valence-corrected chi connectivity index (χ4v) is 2.76. The number of rotatable bonds is 11. The van der Waals surface area contributed by atoms with E-state index in [0.29, 0.717) is 6.04 Å². The molecule has 20 heavy (non-hydrogen) atoms. The van der Waals surface area contributed by atoms with Crippen molar-refractivity contribution in [2.75, 3.05) is 26.8 Å². The third-order valence-corrected chi connectivity index (χ3v) is 4.36. The molecule has 1 unspecified atom stereocenters. The van der Waals surface area contributed by atoms with Gasteiger partial charge in [-0.25, -0.2) is 4.98 Å². The van der Waals surface area contributed by atoms with Crippen LogP contribution in [0.25, 0.3) is 0 Å². The van der Waals surface area contributed by atoms with E-state index in [1.165, 1.54) is 10.7 Å². The number of aromatic nitrogens is 1. The van der Waals surface area contributed by atoms with Crippen molar-refractivity contribution in [1.82, 2.24) is 15.2 Å². The molecule has 1 atom stereocenters. The fourth-order valence-electron chi connectivity index (χ4n) is 2.00. The second kappa shape index (κ2) is 10.3. The molecular formula is C15H29N3OS. The van der Waals surface area contributed by atoms with Crippen molar-refractivity contribution in [3.8, 4) is 0 Å². The molecule has 0 radical (unpaired) electrons. The van der Waals surface area contributed by atoms with Crippen LogP contribution in [0, 0.1) is 0 Å². The van der Waals surface area contributed by atoms with Crippen LogP contribution in [0.1, 0.15) is 44.3 Å². The summed E-state index contributed by atoms with van der Waals surface area (Å²) in [4.78, 5) is 7.17. The first kappa shape index (κ1) is 17.6. The summed E-state index contributed by atoms with van der Waals surface area (Å²) < 4.78 is 5.21. The molecule has 1 N–H and O–H groups in total. The van der Waals surface area contributed by atoms with Crippen molar-refractivity contribution in [3.05, 3.63) is 16.1 Å². The highest BCUT2D eigenvalue weighted by Gasteiger charge is 2.14. The van der Waals surface area contributed by atoms with E-state index < -0.39 is 0 Å². The van der Waals surface area contributed by atoms with E-state index in [9.17, 15) is 0 Å². The lowest BCUT2D eigenvalue weighted by Gasteiger charge is -2.27. The molecule has 0 amide bonds. The summed E-state index contributed by atoms with van der Waals surface area (Å²) >= 11 is 1.75. The molecule has 1 aromatic heterocycles. The highest BCUT2D eigenvalue weighted by Crippen LogP contribution is 2.14. The van der Waals surface area contributed by atoms with Gasteiger partial charge in [0.1, 0.15) is 5.01 Å². The predicted molar refractivity (Wildman–Crippen MR) is 86.2 cm³/mol. The van der Waals surface area contributed by atoms with Gasteiger partial charge in [-0.15, -0.1) is 11.3 Å². The van der Waals surface area contributed by atoms with Crippen molar-refractivity contribution in [2.24, 2.45) is 0 Å². The van der Waals surface area contributed by atoms with Crippen LogP contribution in [-0.4, -0.2) is 42.7 Å². The summed E-state index contributed by atoms with van der Waals surface area (Å²) in [5.41, 5.74) is 1.18. The molecule has 1 heterocycles. The second-order valence-electron chi connectivity index (χ2n) is 5.13. The smallest absolute Gasteiger partial charge is 0.107 e. The van der Waals surface area contributed by atoms with Crippen LogP contribution in [0.3, 0.4) is 0 Å². The van der Waals surface area contributed by atoms with Gasteiger partial charge < -0.3 is 10.1 Å². The van der Waals surface area contributed by atoms with Gasteiger partial charge >= 0.3 is 0 Å². The molecule has 0 aliphatic heterocycles. The van der Waals surface area contributed by atoms with Crippen molar-refractivity contribution >= 4 is 11.3 Å². The monoisotopic (exact) mass is 299 g/mol. The number of methoxy groups -OCH3 is 1. The standard InChI is InChI=1S/C15H29N3OS/c1-5-7-16-10-15-17-14(12-20-15)11-18(8-9-19-4)13(3)6-2/h12-13,16H,5-11H2,1-4H3. The minimum absolute atomic E-state index is 0.563. The minimum Gasteiger partial charge on any atom is -0.383 e. The van der Waals surface area contributed by atoms with E-state index in [4.69, 9.17) is 9.72 Å². The zero-order valence-corrected chi connectivity index (χ0v) is 14.1. The zero-order chi connectivity index (χ0) is 14.8. The fraction of sp³-hybridized carbons (Fsp3) is 0.800. The van der Waals surface area contributed by atoms with Gasteiger partial charge in [-0.05, 0) is 26.3 Å². The molecule has 0 saturated carbocycles. The van der Waals surface area contributed by atoms with E-state index in [2.05, 4.69) is 36.4 Å². The lowest BCUT2D eigenvalue weighted by molar-refractivity contribution is 0.117. The number of nitrogens with one attached hydrogen (secondary N) is 1. The quantitative estimate of drug-likeness (QED) is 0.638. The summed E-state index contributed by atoms with van der Waals surface area (Å²) in [5, 5.41) is 6.77. The van der Waals surface area contributed by atoms with E-state index in [0.717, 1.165) is 45.6 Å². The molecule has 0 spiro atoms. The number of hydrogen-bond donors (Lipinski definition) is 1. The maximum Gasteiger partial charge on any atom is 0.107 e. The number of thiazole rings is 1. The minimum atomic E-state index is 0.563. The third-order valence-electron chi connectivity index (χ3n) is 3.46. The molecule has 0 fully saturated rings. The number of hydrogen-bond acceptors (Lipinski definition) is 5. The van der Waals surface area contributed by atoms with Gasteiger partial charge in [-0.1, -0.05) is 13.8 Å². The molecule has 4 nitrogen and oxygen atoms in total. The Morgan fingerprint density at radius 2 is 2.25 bits per heavy atom. The molecule has 0 aliphatic rings. The van der Waals surface area contributed by atoms with E-state index in [1.807, 2.05) is 0 Å². The normalized spacial score (nSPS) is 13.1. The average Bonchev–Trinajstić information content (AvgIpc) is 2.90. The molecule has 116 valence electrons. The molecule has 0 bridgehead atoms. The largest absolute Gasteiger partial charge is 0.383 e. The Bertz CT molecular complexity index is 357. The highest BCUT2D eigenvalue weighted by molar-refractivity contribution is 7.09. The SMILES string of the molecule is CCCNCc1nc(CN(CCOC)C(C)CC)cs1. The Morgan fingerprint density at radius 3 is 2.90 bits per heavy atom. The van der Waals surface area contributed by atoms with Gasteiger partial charge in [-0.2, -0.15) is 0 Å². The summed E-state index contributed by atoms with van der Waals surface area (Å²) in [5.74, 6) is 0. The maximum atomic E-state index is 5.21. The van der Waals surface area contributed by atoms with Gasteiger partial charge in [-0.3, -0.25) is 4.90 Å². The van der Waals surface area contributed by atoms with Crippen LogP contribution in [0.15, 0.2) is 5.38 Å². The molecular weight excluding hydrogens is 270 g/mol. The molecule has 0 aromatic carbocycles. The zero-order valence-electron chi connectivity index (χ0n) is 13.3. The highest BCUT2D eigenvalue weighted by atomic mass is 32.1. The van der Waals surface area contributed by atoms with Gasteiger partial charge in [0.05, 0.1) is 12.3 Å². The molecule has 1 aromatic rings. The van der Waals surface area contributed by atoms with Crippen LogP contribution in [0.5, 0.6) is 0 Å². The van der Waals surface area contributed by atoms with Crippen LogP contribution in [-0.2, 0) is 17.8 Å². The van der Waals surface area contributed by atoms with Crippen LogP contribution >= 0.6 is 11.3 Å². The molecule has 1 rings (SSSR count). The first-order chi connectivity index (χ1) is 9.71. The van der Waals surface area contributed by atoms with Crippen molar-refractivity contribution < 1.29 is 4.74 Å². The van der Waals surface area contributed by atoms with E-state index >= 15 is 0 Å². The summed E-state index contributed by atoms with van der Waals surface area (Å²) in [6.45, 7) is 11.3. The van der Waals surface area contributed by atoms with E-state index in [1.54, 1.807) is 18.4 Å². The average molecular weight is 299 g/mol. The van der Waals surface area contributed by atoms with Gasteiger partial charge in [0.25, 0.3) is 0 Å². The number of ether oxygens (including phenoxy) is 1. The summed E-state index contributed by atoms with van der Waals surface area (Å²) in [6, 6.07) is 0.563. The van der Waals surface area contributed by atoms with Crippen LogP contribution < -0.4 is 5.32 Å². The van der Waals surface area contributed by atoms with Crippen LogP contribution in [0.2, 0.25) is 0 Å². The third kappa shape index (κ3) is 6.31. The molecule has 5 heteroatoms. The predicted octanol–water partition coefficient (Wildman–Crippen LogP) is 2.89. The van der Waals surface area contributed by atoms with Crippen molar-refractivity contribution in [3.63, 3.8) is 0 Å². The van der Waals surface area contributed by atoms with Gasteiger partial charge in [0.2, 0.25) is 0 Å². The number of nitrogens with zero attached hydrogens (tertiary/aromatic N) is 2. The van der Waals surface area contributed by atoms with Crippen molar-refractivity contribution in [1.29, 1.82) is 0 Å². The van der Waals surface area contributed by atoms with Crippen LogP contribution in [0.4, 0.5) is 0 Å². The Labute approximate surface area is 127 Å². The lowest BCUT2D eigenvalue weighted by Crippen LogP contribution is -2.35. The Kier molecular flexibility index (Phi) is 9.02. The summed E-state index contributed by atoms with van der Waals surface area (Å²) in [7, 11) is 1.76. The molecule has 0 saturated heterocycles.